The maximum atomic E-state index is 11.0. The summed E-state index contributed by atoms with van der Waals surface area (Å²) < 4.78 is 4.54. The fourth-order valence-corrected chi connectivity index (χ4v) is 0.697. The summed E-state index contributed by atoms with van der Waals surface area (Å²) in [7, 11) is 0. The Balaban J connectivity index is 3.65. The fraction of sp³-hybridized carbons (Fsp3) is 0.556. The molecule has 1 N–H and O–H groups in total. The minimum atomic E-state index is -0.756. The molecule has 0 radical (unpaired) electrons. The molecule has 0 aliphatic rings. The van der Waals surface area contributed by atoms with Crippen LogP contribution >= 0.6 is 0 Å². The Hall–Kier alpha value is -1.32. The van der Waals surface area contributed by atoms with Crippen LogP contribution in [0.4, 0.5) is 4.79 Å². The molecule has 0 bridgehead atoms. The van der Waals surface area contributed by atoms with E-state index in [9.17, 15) is 9.59 Å². The molecule has 0 saturated heterocycles. The van der Waals surface area contributed by atoms with Gasteiger partial charge in [-0.1, -0.05) is 19.9 Å². The molecule has 2 amide bonds. The summed E-state index contributed by atoms with van der Waals surface area (Å²) in [6.07, 6.45) is 1.28. The SMILES string of the molecule is C=C(C)OC(=O)NC(=O)CCCC. The summed E-state index contributed by atoms with van der Waals surface area (Å²) in [5.74, 6) is -0.0473. The second-order valence-electron chi connectivity index (χ2n) is 2.74. The third kappa shape index (κ3) is 7.05. The van der Waals surface area contributed by atoms with Crippen molar-refractivity contribution in [3.63, 3.8) is 0 Å². The molecule has 0 unspecified atom stereocenters. The van der Waals surface area contributed by atoms with Crippen LogP contribution in [0, 0.1) is 0 Å². The molecule has 0 fully saturated rings. The van der Waals surface area contributed by atoms with Crippen molar-refractivity contribution in [2.45, 2.75) is 33.1 Å². The van der Waals surface area contributed by atoms with Crippen LogP contribution in [0.1, 0.15) is 33.1 Å². The van der Waals surface area contributed by atoms with E-state index in [1.54, 1.807) is 0 Å². The number of carbonyl (C=O) groups is 2. The highest BCUT2D eigenvalue weighted by molar-refractivity contribution is 5.91. The molecule has 4 nitrogen and oxygen atoms in total. The first-order chi connectivity index (χ1) is 6.06. The minimum absolute atomic E-state index is 0.265. The molecule has 0 aliphatic heterocycles. The molecular formula is C9H15NO3. The highest BCUT2D eigenvalue weighted by Crippen LogP contribution is 1.95. The van der Waals surface area contributed by atoms with E-state index < -0.39 is 6.09 Å². The van der Waals surface area contributed by atoms with Crippen molar-refractivity contribution in [3.8, 4) is 0 Å². The number of hydrogen-bond donors (Lipinski definition) is 1. The average Bonchev–Trinajstić information content (AvgIpc) is 1.98. The lowest BCUT2D eigenvalue weighted by Crippen LogP contribution is -2.30. The topological polar surface area (TPSA) is 55.4 Å². The van der Waals surface area contributed by atoms with E-state index in [1.165, 1.54) is 6.92 Å². The molecule has 0 rings (SSSR count). The van der Waals surface area contributed by atoms with E-state index in [-0.39, 0.29) is 11.7 Å². The van der Waals surface area contributed by atoms with Gasteiger partial charge in [0.05, 0.1) is 5.76 Å². The predicted molar refractivity (Wildman–Crippen MR) is 49.0 cm³/mol. The number of rotatable bonds is 4. The Morgan fingerprint density at radius 1 is 1.46 bits per heavy atom. The van der Waals surface area contributed by atoms with Crippen LogP contribution in [0.15, 0.2) is 12.3 Å². The second-order valence-corrected chi connectivity index (χ2v) is 2.74. The van der Waals surface area contributed by atoms with Crippen LogP contribution in [-0.4, -0.2) is 12.0 Å². The molecule has 4 heteroatoms. The van der Waals surface area contributed by atoms with Gasteiger partial charge in [-0.25, -0.2) is 4.79 Å². The van der Waals surface area contributed by atoms with Crippen LogP contribution in [0.3, 0.4) is 0 Å². The van der Waals surface area contributed by atoms with Crippen LogP contribution in [0.25, 0.3) is 0 Å². The number of hydrogen-bond acceptors (Lipinski definition) is 3. The number of allylic oxidation sites excluding steroid dienone is 1. The van der Waals surface area contributed by atoms with Gasteiger partial charge in [0.15, 0.2) is 0 Å². The second kappa shape index (κ2) is 6.22. The zero-order chi connectivity index (χ0) is 10.3. The van der Waals surface area contributed by atoms with Crippen molar-refractivity contribution in [1.29, 1.82) is 0 Å². The Morgan fingerprint density at radius 3 is 2.54 bits per heavy atom. The number of imide groups is 1. The van der Waals surface area contributed by atoms with Crippen molar-refractivity contribution >= 4 is 12.0 Å². The maximum absolute atomic E-state index is 11.0. The van der Waals surface area contributed by atoms with Crippen LogP contribution in [0.5, 0.6) is 0 Å². The maximum Gasteiger partial charge on any atom is 0.418 e. The molecule has 0 heterocycles. The Labute approximate surface area is 78.0 Å². The monoisotopic (exact) mass is 185 g/mol. The van der Waals surface area contributed by atoms with Gasteiger partial charge in [-0.05, 0) is 13.3 Å². The molecule has 0 aromatic rings. The van der Waals surface area contributed by atoms with Crippen molar-refractivity contribution in [2.24, 2.45) is 0 Å². The summed E-state index contributed by atoms with van der Waals surface area (Å²) in [5, 5.41) is 2.09. The first-order valence-electron chi connectivity index (χ1n) is 4.23. The lowest BCUT2D eigenvalue weighted by atomic mass is 10.2. The van der Waals surface area contributed by atoms with Gasteiger partial charge in [0.2, 0.25) is 5.91 Å². The zero-order valence-electron chi connectivity index (χ0n) is 8.05. The highest BCUT2D eigenvalue weighted by atomic mass is 16.6. The first kappa shape index (κ1) is 11.7. The van der Waals surface area contributed by atoms with Crippen molar-refractivity contribution in [1.82, 2.24) is 5.32 Å². The molecule has 0 atom stereocenters. The highest BCUT2D eigenvalue weighted by Gasteiger charge is 2.07. The van der Waals surface area contributed by atoms with Gasteiger partial charge in [0.1, 0.15) is 0 Å². The van der Waals surface area contributed by atoms with Crippen LogP contribution in [-0.2, 0) is 9.53 Å². The van der Waals surface area contributed by atoms with Gasteiger partial charge in [0.25, 0.3) is 0 Å². The molecular weight excluding hydrogens is 170 g/mol. The summed E-state index contributed by atoms with van der Waals surface area (Å²) >= 11 is 0. The number of amides is 2. The van der Waals surface area contributed by atoms with E-state index in [1.807, 2.05) is 6.92 Å². The van der Waals surface area contributed by atoms with Gasteiger partial charge in [0, 0.05) is 6.42 Å². The molecule has 13 heavy (non-hydrogen) atoms. The van der Waals surface area contributed by atoms with Gasteiger partial charge in [-0.15, -0.1) is 0 Å². The smallest absolute Gasteiger partial charge is 0.416 e. The largest absolute Gasteiger partial charge is 0.418 e. The Kier molecular flexibility index (Phi) is 5.59. The van der Waals surface area contributed by atoms with Crippen molar-refractivity contribution < 1.29 is 14.3 Å². The van der Waals surface area contributed by atoms with E-state index in [0.29, 0.717) is 6.42 Å². The number of alkyl carbamates (subject to hydrolysis) is 1. The van der Waals surface area contributed by atoms with Crippen molar-refractivity contribution in [2.75, 3.05) is 0 Å². The van der Waals surface area contributed by atoms with Gasteiger partial charge in [-0.3, -0.25) is 10.1 Å². The summed E-state index contributed by atoms with van der Waals surface area (Å²) in [6, 6.07) is 0. The first-order valence-corrected chi connectivity index (χ1v) is 4.23. The van der Waals surface area contributed by atoms with Gasteiger partial charge >= 0.3 is 6.09 Å². The lowest BCUT2D eigenvalue weighted by molar-refractivity contribution is -0.120. The summed E-state index contributed by atoms with van der Waals surface area (Å²) in [6.45, 7) is 6.88. The van der Waals surface area contributed by atoms with E-state index in [4.69, 9.17) is 0 Å². The zero-order valence-corrected chi connectivity index (χ0v) is 8.05. The lowest BCUT2D eigenvalue weighted by Gasteiger charge is -2.03. The number of nitrogens with one attached hydrogen (secondary N) is 1. The molecule has 0 aromatic heterocycles. The summed E-state index contributed by atoms with van der Waals surface area (Å²) in [5.41, 5.74) is 0. The standard InChI is InChI=1S/C9H15NO3/c1-4-5-6-8(11)10-9(12)13-7(2)3/h2,4-6H2,1,3H3,(H,10,11,12). The van der Waals surface area contributed by atoms with Crippen molar-refractivity contribution in [3.05, 3.63) is 12.3 Å². The number of carbonyl (C=O) groups excluding carboxylic acids is 2. The molecule has 74 valence electrons. The third-order valence-corrected chi connectivity index (χ3v) is 1.27. The minimum Gasteiger partial charge on any atom is -0.416 e. The molecule has 0 spiro atoms. The van der Waals surface area contributed by atoms with Gasteiger partial charge in [-0.2, -0.15) is 0 Å². The van der Waals surface area contributed by atoms with E-state index in [2.05, 4.69) is 16.6 Å². The number of unbranched alkanes of at least 4 members (excludes halogenated alkanes) is 1. The molecule has 0 saturated carbocycles. The third-order valence-electron chi connectivity index (χ3n) is 1.27. The average molecular weight is 185 g/mol. The van der Waals surface area contributed by atoms with Crippen LogP contribution in [0.2, 0.25) is 0 Å². The Bertz CT molecular complexity index is 211. The quantitative estimate of drug-likeness (QED) is 0.681. The van der Waals surface area contributed by atoms with Crippen LogP contribution < -0.4 is 5.32 Å². The normalized spacial score (nSPS) is 9.08. The molecule has 0 aromatic carbocycles. The van der Waals surface area contributed by atoms with E-state index in [0.717, 1.165) is 12.8 Å². The summed E-state index contributed by atoms with van der Waals surface area (Å²) in [4.78, 5) is 21.8. The number of ether oxygens (including phenoxy) is 1. The molecule has 0 aliphatic carbocycles. The van der Waals surface area contributed by atoms with Gasteiger partial charge < -0.3 is 4.74 Å². The fourth-order valence-electron chi connectivity index (χ4n) is 0.697. The predicted octanol–water partition coefficient (Wildman–Crippen LogP) is 1.96. The Morgan fingerprint density at radius 2 is 2.08 bits per heavy atom. The van der Waals surface area contributed by atoms with E-state index >= 15 is 0 Å².